The Kier molecular flexibility index (Phi) is 5.96. The molecular formula is C21H21N5O2. The van der Waals surface area contributed by atoms with E-state index in [0.29, 0.717) is 5.69 Å². The molecule has 0 aliphatic rings. The molecule has 0 unspecified atom stereocenters. The summed E-state index contributed by atoms with van der Waals surface area (Å²) < 4.78 is 2.10. The van der Waals surface area contributed by atoms with Gasteiger partial charge in [0.1, 0.15) is 0 Å². The third-order valence-electron chi connectivity index (χ3n) is 4.22. The molecule has 2 heterocycles. The summed E-state index contributed by atoms with van der Waals surface area (Å²) in [5.41, 5.74) is 6.86. The molecule has 3 rings (SSSR count). The van der Waals surface area contributed by atoms with Crippen molar-refractivity contribution in [3.8, 4) is 5.69 Å². The van der Waals surface area contributed by atoms with Crippen molar-refractivity contribution in [2.45, 2.75) is 20.4 Å². The molecule has 0 bridgehead atoms. The second-order valence-corrected chi connectivity index (χ2v) is 6.20. The predicted molar refractivity (Wildman–Crippen MR) is 107 cm³/mol. The fourth-order valence-electron chi connectivity index (χ4n) is 2.86. The summed E-state index contributed by atoms with van der Waals surface area (Å²) >= 11 is 0. The summed E-state index contributed by atoms with van der Waals surface area (Å²) in [7, 11) is 0. The molecule has 7 nitrogen and oxygen atoms in total. The van der Waals surface area contributed by atoms with E-state index < -0.39 is 11.8 Å². The van der Waals surface area contributed by atoms with Crippen LogP contribution in [0.2, 0.25) is 0 Å². The first-order valence-corrected chi connectivity index (χ1v) is 8.82. The molecule has 0 atom stereocenters. The Morgan fingerprint density at radius 2 is 1.82 bits per heavy atom. The average Bonchev–Trinajstić information content (AvgIpc) is 3.00. The smallest absolute Gasteiger partial charge is 0.329 e. The van der Waals surface area contributed by atoms with Crippen LogP contribution in [0.1, 0.15) is 22.6 Å². The van der Waals surface area contributed by atoms with Crippen LogP contribution in [-0.2, 0) is 16.1 Å². The number of hydrazone groups is 1. The largest absolute Gasteiger partial charge is 0.342 e. The zero-order chi connectivity index (χ0) is 19.9. The molecular weight excluding hydrogens is 354 g/mol. The standard InChI is InChI=1S/C21H21N5O2/c1-15-12-17(16(2)26(15)19-9-4-3-5-10-19)13-24-25-21(28)20(27)23-14-18-8-6-7-11-22-18/h3-13H,14H2,1-2H3,(H,23,27)(H,25,28)/b24-13+. The van der Waals surface area contributed by atoms with E-state index in [1.165, 1.54) is 6.21 Å². The van der Waals surface area contributed by atoms with Crippen LogP contribution in [0.5, 0.6) is 0 Å². The van der Waals surface area contributed by atoms with Crippen LogP contribution in [0.3, 0.4) is 0 Å². The van der Waals surface area contributed by atoms with E-state index in [4.69, 9.17) is 0 Å². The summed E-state index contributed by atoms with van der Waals surface area (Å²) in [5.74, 6) is -1.60. The SMILES string of the molecule is Cc1cc(/C=N/NC(=O)C(=O)NCc2ccccn2)c(C)n1-c1ccccc1. The number of benzene rings is 1. The number of rotatable bonds is 5. The molecule has 2 amide bonds. The first-order valence-electron chi connectivity index (χ1n) is 8.82. The van der Waals surface area contributed by atoms with E-state index in [1.807, 2.05) is 56.3 Å². The van der Waals surface area contributed by atoms with Crippen LogP contribution in [0.15, 0.2) is 65.9 Å². The second-order valence-electron chi connectivity index (χ2n) is 6.20. The van der Waals surface area contributed by atoms with Crippen molar-refractivity contribution in [1.82, 2.24) is 20.3 Å². The maximum Gasteiger partial charge on any atom is 0.329 e. The molecule has 0 aliphatic heterocycles. The third kappa shape index (κ3) is 4.50. The van der Waals surface area contributed by atoms with Gasteiger partial charge < -0.3 is 9.88 Å². The fraction of sp³-hybridized carbons (Fsp3) is 0.143. The number of hydrogen-bond acceptors (Lipinski definition) is 4. The Labute approximate surface area is 163 Å². The molecule has 0 saturated carbocycles. The molecule has 7 heteroatoms. The molecule has 0 fully saturated rings. The first-order chi connectivity index (χ1) is 13.6. The van der Waals surface area contributed by atoms with Gasteiger partial charge in [-0.05, 0) is 44.2 Å². The molecule has 2 aromatic heterocycles. The number of aryl methyl sites for hydroxylation is 1. The Bertz CT molecular complexity index is 994. The number of aromatic nitrogens is 2. The zero-order valence-electron chi connectivity index (χ0n) is 15.7. The fourth-order valence-corrected chi connectivity index (χ4v) is 2.86. The van der Waals surface area contributed by atoms with E-state index in [-0.39, 0.29) is 6.54 Å². The van der Waals surface area contributed by atoms with Gasteiger partial charge in [-0.15, -0.1) is 0 Å². The molecule has 142 valence electrons. The van der Waals surface area contributed by atoms with Crippen molar-refractivity contribution in [1.29, 1.82) is 0 Å². The van der Waals surface area contributed by atoms with Crippen LogP contribution in [0.25, 0.3) is 5.69 Å². The lowest BCUT2D eigenvalue weighted by Gasteiger charge is -2.08. The van der Waals surface area contributed by atoms with Crippen molar-refractivity contribution >= 4 is 18.0 Å². The Hall–Kier alpha value is -3.74. The van der Waals surface area contributed by atoms with Gasteiger partial charge in [0.2, 0.25) is 0 Å². The van der Waals surface area contributed by atoms with Gasteiger partial charge in [0.15, 0.2) is 0 Å². The number of carbonyl (C=O) groups is 2. The van der Waals surface area contributed by atoms with Gasteiger partial charge in [0.05, 0.1) is 18.5 Å². The quantitative estimate of drug-likeness (QED) is 0.407. The minimum Gasteiger partial charge on any atom is -0.342 e. The summed E-state index contributed by atoms with van der Waals surface area (Å²) in [4.78, 5) is 27.8. The maximum atomic E-state index is 11.9. The van der Waals surface area contributed by atoms with E-state index >= 15 is 0 Å². The molecule has 0 radical (unpaired) electrons. The summed E-state index contributed by atoms with van der Waals surface area (Å²) in [5, 5.41) is 6.41. The van der Waals surface area contributed by atoms with Crippen molar-refractivity contribution in [2.24, 2.45) is 5.10 Å². The highest BCUT2D eigenvalue weighted by Crippen LogP contribution is 2.19. The normalized spacial score (nSPS) is 10.8. The summed E-state index contributed by atoms with van der Waals surface area (Å²) in [6.45, 7) is 4.15. The number of amides is 2. The molecule has 3 aromatic rings. The van der Waals surface area contributed by atoms with Crippen LogP contribution in [0, 0.1) is 13.8 Å². The van der Waals surface area contributed by atoms with Crippen LogP contribution in [0.4, 0.5) is 0 Å². The second kappa shape index (κ2) is 8.77. The van der Waals surface area contributed by atoms with Crippen molar-refractivity contribution in [3.05, 3.63) is 83.4 Å². The van der Waals surface area contributed by atoms with E-state index in [9.17, 15) is 9.59 Å². The number of para-hydroxylation sites is 1. The van der Waals surface area contributed by atoms with E-state index in [1.54, 1.807) is 18.3 Å². The van der Waals surface area contributed by atoms with Crippen LogP contribution >= 0.6 is 0 Å². The van der Waals surface area contributed by atoms with Gasteiger partial charge in [-0.25, -0.2) is 5.43 Å². The number of nitrogens with one attached hydrogen (secondary N) is 2. The summed E-state index contributed by atoms with van der Waals surface area (Å²) in [6.07, 6.45) is 3.16. The molecule has 28 heavy (non-hydrogen) atoms. The van der Waals surface area contributed by atoms with Crippen molar-refractivity contribution in [2.75, 3.05) is 0 Å². The van der Waals surface area contributed by atoms with Gasteiger partial charge in [0, 0.05) is 28.8 Å². The molecule has 1 aromatic carbocycles. The molecule has 2 N–H and O–H groups in total. The third-order valence-corrected chi connectivity index (χ3v) is 4.22. The molecule has 0 spiro atoms. The monoisotopic (exact) mass is 375 g/mol. The number of carbonyl (C=O) groups excluding carboxylic acids is 2. The van der Waals surface area contributed by atoms with E-state index in [0.717, 1.165) is 22.6 Å². The predicted octanol–water partition coefficient (Wildman–Crippen LogP) is 2.26. The highest BCUT2D eigenvalue weighted by Gasteiger charge is 2.13. The highest BCUT2D eigenvalue weighted by atomic mass is 16.2. The zero-order valence-corrected chi connectivity index (χ0v) is 15.7. The van der Waals surface area contributed by atoms with E-state index in [2.05, 4.69) is 25.4 Å². The molecule has 0 saturated heterocycles. The molecule has 0 aliphatic carbocycles. The van der Waals surface area contributed by atoms with Crippen molar-refractivity contribution < 1.29 is 9.59 Å². The van der Waals surface area contributed by atoms with Gasteiger partial charge in [-0.2, -0.15) is 5.10 Å². The Morgan fingerprint density at radius 3 is 2.54 bits per heavy atom. The Balaban J connectivity index is 1.60. The maximum absolute atomic E-state index is 11.9. The average molecular weight is 375 g/mol. The number of pyridine rings is 1. The summed E-state index contributed by atoms with van der Waals surface area (Å²) in [6, 6.07) is 17.3. The highest BCUT2D eigenvalue weighted by molar-refractivity contribution is 6.35. The minimum absolute atomic E-state index is 0.176. The lowest BCUT2D eigenvalue weighted by atomic mass is 10.2. The van der Waals surface area contributed by atoms with Crippen molar-refractivity contribution in [3.63, 3.8) is 0 Å². The van der Waals surface area contributed by atoms with Gasteiger partial charge in [-0.3, -0.25) is 14.6 Å². The lowest BCUT2D eigenvalue weighted by Crippen LogP contribution is -2.37. The van der Waals surface area contributed by atoms with Gasteiger partial charge in [-0.1, -0.05) is 24.3 Å². The number of nitrogens with zero attached hydrogens (tertiary/aromatic N) is 3. The van der Waals surface area contributed by atoms with Crippen LogP contribution < -0.4 is 10.7 Å². The minimum atomic E-state index is -0.830. The topological polar surface area (TPSA) is 88.4 Å². The first kappa shape index (κ1) is 19.0. The van der Waals surface area contributed by atoms with Crippen LogP contribution in [-0.4, -0.2) is 27.6 Å². The van der Waals surface area contributed by atoms with Gasteiger partial charge >= 0.3 is 11.8 Å². The Morgan fingerprint density at radius 1 is 1.07 bits per heavy atom. The van der Waals surface area contributed by atoms with Gasteiger partial charge in [0.25, 0.3) is 0 Å². The lowest BCUT2D eigenvalue weighted by molar-refractivity contribution is -0.139. The number of hydrogen-bond donors (Lipinski definition) is 2.